The monoisotopic (exact) mass is 1480 g/mol. The van der Waals surface area contributed by atoms with Gasteiger partial charge >= 0.3 is 39.5 Å². The number of aliphatic hydroxyl groups is 1. The maximum Gasteiger partial charge on any atom is 0.472 e. The summed E-state index contributed by atoms with van der Waals surface area (Å²) in [7, 11) is -9.92. The van der Waals surface area contributed by atoms with Gasteiger partial charge in [0, 0.05) is 25.7 Å². The van der Waals surface area contributed by atoms with Crippen molar-refractivity contribution in [3.8, 4) is 0 Å². The van der Waals surface area contributed by atoms with Gasteiger partial charge in [-0.05, 0) is 31.6 Å². The van der Waals surface area contributed by atoms with Gasteiger partial charge in [0.15, 0.2) is 12.2 Å². The van der Waals surface area contributed by atoms with E-state index < -0.39 is 97.5 Å². The minimum Gasteiger partial charge on any atom is -0.462 e. The topological polar surface area (TPSA) is 237 Å². The number of rotatable bonds is 82. The average Bonchev–Trinajstić information content (AvgIpc) is 1.05. The van der Waals surface area contributed by atoms with Gasteiger partial charge in [0.2, 0.25) is 0 Å². The summed E-state index contributed by atoms with van der Waals surface area (Å²) in [4.78, 5) is 73.0. The van der Waals surface area contributed by atoms with Crippen molar-refractivity contribution in [1.82, 2.24) is 0 Å². The minimum absolute atomic E-state index is 0.108. The van der Waals surface area contributed by atoms with Crippen molar-refractivity contribution in [3.05, 3.63) is 0 Å². The van der Waals surface area contributed by atoms with Crippen LogP contribution in [0.4, 0.5) is 0 Å². The van der Waals surface area contributed by atoms with Gasteiger partial charge in [-0.15, -0.1) is 0 Å². The van der Waals surface area contributed by atoms with E-state index in [1.807, 2.05) is 0 Å². The Kier molecular flexibility index (Phi) is 73.5. The van der Waals surface area contributed by atoms with Crippen LogP contribution in [-0.4, -0.2) is 96.7 Å². The Hall–Kier alpha value is -1.94. The van der Waals surface area contributed by atoms with Crippen LogP contribution in [0.15, 0.2) is 0 Å². The van der Waals surface area contributed by atoms with Gasteiger partial charge in [0.05, 0.1) is 26.4 Å². The van der Waals surface area contributed by atoms with Crippen LogP contribution in [0.5, 0.6) is 0 Å². The first-order valence-corrected chi connectivity index (χ1v) is 45.7. The zero-order valence-electron chi connectivity index (χ0n) is 66.1. The lowest BCUT2D eigenvalue weighted by Crippen LogP contribution is -2.30. The molecule has 3 N–H and O–H groups in total. The number of esters is 4. The van der Waals surface area contributed by atoms with Crippen molar-refractivity contribution in [1.29, 1.82) is 0 Å². The predicted molar refractivity (Wildman–Crippen MR) is 414 cm³/mol. The Labute approximate surface area is 619 Å². The lowest BCUT2D eigenvalue weighted by atomic mass is 9.99. The first-order chi connectivity index (χ1) is 49.1. The molecule has 0 heterocycles. The summed E-state index contributed by atoms with van der Waals surface area (Å²) >= 11 is 0. The molecule has 0 aromatic carbocycles. The Morgan fingerprint density at radius 3 is 0.703 bits per heavy atom. The van der Waals surface area contributed by atoms with Crippen LogP contribution in [0, 0.1) is 5.92 Å². The van der Waals surface area contributed by atoms with Crippen LogP contribution >= 0.6 is 15.6 Å². The smallest absolute Gasteiger partial charge is 0.462 e. The van der Waals surface area contributed by atoms with Gasteiger partial charge in [-0.2, -0.15) is 0 Å². The van der Waals surface area contributed by atoms with Gasteiger partial charge in [-0.1, -0.05) is 388 Å². The van der Waals surface area contributed by atoms with Crippen molar-refractivity contribution < 1.29 is 80.2 Å². The summed E-state index contributed by atoms with van der Waals surface area (Å²) in [6, 6.07) is 0. The molecule has 0 saturated carbocycles. The quantitative estimate of drug-likeness (QED) is 0.0222. The minimum atomic E-state index is -4.96. The van der Waals surface area contributed by atoms with E-state index in [1.54, 1.807) is 0 Å². The summed E-state index contributed by atoms with van der Waals surface area (Å²) in [5.74, 6) is -1.23. The Balaban J connectivity index is 5.19. The first-order valence-electron chi connectivity index (χ1n) is 42.7. The third-order valence-electron chi connectivity index (χ3n) is 19.6. The van der Waals surface area contributed by atoms with Crippen LogP contribution in [0.3, 0.4) is 0 Å². The number of aliphatic hydroxyl groups excluding tert-OH is 1. The summed E-state index contributed by atoms with van der Waals surface area (Å²) in [5.41, 5.74) is 0. The second-order valence-corrected chi connectivity index (χ2v) is 32.7. The highest BCUT2D eigenvalue weighted by Crippen LogP contribution is 2.45. The van der Waals surface area contributed by atoms with E-state index in [0.717, 1.165) is 95.8 Å². The van der Waals surface area contributed by atoms with Crippen LogP contribution in [0.2, 0.25) is 0 Å². The molecule has 0 fully saturated rings. The highest BCUT2D eigenvalue weighted by atomic mass is 31.2. The largest absolute Gasteiger partial charge is 0.472 e. The van der Waals surface area contributed by atoms with Crippen LogP contribution in [-0.2, 0) is 65.4 Å². The van der Waals surface area contributed by atoms with Gasteiger partial charge in [0.1, 0.15) is 19.3 Å². The lowest BCUT2D eigenvalue weighted by Gasteiger charge is -2.21. The first kappa shape index (κ1) is 99.1. The van der Waals surface area contributed by atoms with Crippen molar-refractivity contribution in [2.75, 3.05) is 39.6 Å². The molecule has 17 nitrogen and oxygen atoms in total. The third-order valence-corrected chi connectivity index (χ3v) is 21.5. The predicted octanol–water partition coefficient (Wildman–Crippen LogP) is 24.8. The fourth-order valence-electron chi connectivity index (χ4n) is 12.7. The van der Waals surface area contributed by atoms with Gasteiger partial charge in [-0.3, -0.25) is 37.3 Å². The number of hydrogen-bond acceptors (Lipinski definition) is 15. The number of unbranched alkanes of at least 4 members (excludes halogenated alkanes) is 53. The maximum atomic E-state index is 13.1. The average molecular weight is 1480 g/mol. The van der Waals surface area contributed by atoms with Crippen molar-refractivity contribution in [2.45, 2.75) is 457 Å². The maximum absolute atomic E-state index is 13.1. The normalized spacial score (nSPS) is 14.1. The number of phosphoric acid groups is 2. The molecule has 0 aromatic rings. The SMILES string of the molecule is CCCCCCCCCCCCCCCCCCCC(=O)OC[C@H](COP(=O)(O)OC[C@@H](O)COP(=O)(O)OC[C@@H](COC(=O)CCCCCCCCCCC)OC(=O)CCCCCCCCCCCCCCC)OC(=O)CCCCCCCCCCCCCCCCCCCCC(C)CC. The molecule has 0 spiro atoms. The van der Waals surface area contributed by atoms with E-state index >= 15 is 0 Å². The van der Waals surface area contributed by atoms with E-state index in [-0.39, 0.29) is 25.7 Å². The van der Waals surface area contributed by atoms with Crippen LogP contribution < -0.4 is 0 Å². The molecule has 0 radical (unpaired) electrons. The molecule has 0 aromatic heterocycles. The second kappa shape index (κ2) is 74.9. The fraction of sp³-hybridized carbons (Fsp3) is 0.951. The van der Waals surface area contributed by atoms with Crippen LogP contribution in [0.1, 0.15) is 439 Å². The molecule has 0 rings (SSSR count). The van der Waals surface area contributed by atoms with E-state index in [9.17, 15) is 43.2 Å². The van der Waals surface area contributed by atoms with E-state index in [4.69, 9.17) is 37.0 Å². The molecule has 0 aliphatic carbocycles. The van der Waals surface area contributed by atoms with Crippen LogP contribution in [0.25, 0.3) is 0 Å². The van der Waals surface area contributed by atoms with E-state index in [2.05, 4.69) is 34.6 Å². The molecular weight excluding hydrogens is 1320 g/mol. The fourth-order valence-corrected chi connectivity index (χ4v) is 14.3. The number of hydrogen-bond donors (Lipinski definition) is 3. The van der Waals surface area contributed by atoms with E-state index in [0.29, 0.717) is 25.7 Å². The number of ether oxygens (including phenoxy) is 4. The zero-order chi connectivity index (χ0) is 74.1. The zero-order valence-corrected chi connectivity index (χ0v) is 67.8. The summed E-state index contributed by atoms with van der Waals surface area (Å²) in [5, 5.41) is 10.6. The molecule has 19 heteroatoms. The molecule has 3 unspecified atom stereocenters. The highest BCUT2D eigenvalue weighted by Gasteiger charge is 2.30. The summed E-state index contributed by atoms with van der Waals surface area (Å²) in [6.07, 6.45) is 66.6. The summed E-state index contributed by atoms with van der Waals surface area (Å²) < 4.78 is 68.7. The van der Waals surface area contributed by atoms with Crippen molar-refractivity contribution in [3.63, 3.8) is 0 Å². The summed E-state index contributed by atoms with van der Waals surface area (Å²) in [6.45, 7) is 7.39. The standard InChI is InChI=1S/C82H160O17P2/c1-6-10-13-16-19-22-24-26-27-30-34-38-41-46-51-56-61-66-80(85)93-72-78(99-82(87)68-63-58-53-48-43-39-35-32-29-28-31-33-37-40-45-49-54-59-64-75(5)9-4)74-97-101(90,91)95-70-76(83)69-94-100(88,89)96-73-77(71-92-79(84)65-60-55-50-44-21-18-15-12-8-3)98-81(86)67-62-57-52-47-42-36-25-23-20-17-14-11-7-2/h75-78,83H,6-74H2,1-5H3,(H,88,89)(H,90,91)/t75?,76-,77+,78+/m0/s1. The number of phosphoric ester groups is 2. The van der Waals surface area contributed by atoms with Gasteiger partial charge in [0.25, 0.3) is 0 Å². The molecule has 0 aliphatic heterocycles. The van der Waals surface area contributed by atoms with E-state index in [1.165, 1.54) is 263 Å². The third kappa shape index (κ3) is 74.7. The van der Waals surface area contributed by atoms with Crippen molar-refractivity contribution in [2.24, 2.45) is 5.92 Å². The molecule has 6 atom stereocenters. The van der Waals surface area contributed by atoms with Gasteiger partial charge < -0.3 is 33.8 Å². The Morgan fingerprint density at radius 2 is 0.475 bits per heavy atom. The van der Waals surface area contributed by atoms with Crippen molar-refractivity contribution >= 4 is 39.5 Å². The highest BCUT2D eigenvalue weighted by molar-refractivity contribution is 7.47. The lowest BCUT2D eigenvalue weighted by molar-refractivity contribution is -0.161. The Morgan fingerprint density at radius 1 is 0.277 bits per heavy atom. The molecule has 0 aliphatic rings. The molecular formula is C82H160O17P2. The molecule has 600 valence electrons. The van der Waals surface area contributed by atoms with Gasteiger partial charge in [-0.25, -0.2) is 9.13 Å². The second-order valence-electron chi connectivity index (χ2n) is 29.8. The Bertz CT molecular complexity index is 1930. The molecule has 0 bridgehead atoms. The number of carbonyl (C=O) groups excluding carboxylic acids is 4. The molecule has 101 heavy (non-hydrogen) atoms. The number of carbonyl (C=O) groups is 4. The molecule has 0 saturated heterocycles. The molecule has 0 amide bonds.